The van der Waals surface area contributed by atoms with E-state index in [1.165, 1.54) is 0 Å². The lowest BCUT2D eigenvalue weighted by Crippen LogP contribution is -2.45. The molecule has 25 heavy (non-hydrogen) atoms. The molecule has 136 valence electrons. The van der Waals surface area contributed by atoms with Gasteiger partial charge in [-0.3, -0.25) is 0 Å². The largest absolute Gasteiger partial charge is 0.427 e. The molecule has 0 bridgehead atoms. The summed E-state index contributed by atoms with van der Waals surface area (Å²) in [7, 11) is 0. The first-order valence-corrected chi connectivity index (χ1v) is 8.75. The first kappa shape index (κ1) is 17.9. The molecule has 0 aromatic carbocycles. The van der Waals surface area contributed by atoms with Crippen molar-refractivity contribution >= 4 is 22.3 Å². The van der Waals surface area contributed by atoms with Crippen molar-refractivity contribution in [3.8, 4) is 0 Å². The molecule has 1 aliphatic heterocycles. The summed E-state index contributed by atoms with van der Waals surface area (Å²) in [5.74, 6) is 0.874. The lowest BCUT2D eigenvalue weighted by atomic mass is 10.2. The summed E-state index contributed by atoms with van der Waals surface area (Å²) in [5, 5.41) is 3.14. The highest BCUT2D eigenvalue weighted by Crippen LogP contribution is 2.35. The molecular formula is C16H19F3N4OS. The molecule has 0 radical (unpaired) electrons. The van der Waals surface area contributed by atoms with Crippen molar-refractivity contribution < 1.29 is 17.9 Å². The Balaban J connectivity index is 1.58. The van der Waals surface area contributed by atoms with E-state index in [9.17, 15) is 13.2 Å². The summed E-state index contributed by atoms with van der Waals surface area (Å²) in [6, 6.07) is 3.84. The van der Waals surface area contributed by atoms with Gasteiger partial charge in [0.1, 0.15) is 10.7 Å². The minimum Gasteiger partial charge on any atom is -0.372 e. The Morgan fingerprint density at radius 2 is 1.92 bits per heavy atom. The number of ether oxygens (including phenoxy) is 1. The van der Waals surface area contributed by atoms with Crippen LogP contribution in [0.25, 0.3) is 0 Å². The van der Waals surface area contributed by atoms with Gasteiger partial charge in [-0.2, -0.15) is 13.2 Å². The molecule has 1 fully saturated rings. The molecule has 0 amide bonds. The summed E-state index contributed by atoms with van der Waals surface area (Å²) in [5.41, 5.74) is 0.877. The zero-order valence-electron chi connectivity index (χ0n) is 13.9. The van der Waals surface area contributed by atoms with Gasteiger partial charge in [0.15, 0.2) is 5.13 Å². The third-order valence-electron chi connectivity index (χ3n) is 3.78. The molecule has 0 saturated carbocycles. The summed E-state index contributed by atoms with van der Waals surface area (Å²) in [4.78, 5) is 9.68. The normalized spacial score (nSPS) is 21.4. The molecule has 1 aliphatic rings. The van der Waals surface area contributed by atoms with Crippen LogP contribution in [0.1, 0.15) is 24.3 Å². The second-order valence-electron chi connectivity index (χ2n) is 6.07. The zero-order valence-corrected chi connectivity index (χ0v) is 14.7. The highest BCUT2D eigenvalue weighted by atomic mass is 32.1. The number of hydrogen-bond acceptors (Lipinski definition) is 6. The van der Waals surface area contributed by atoms with E-state index in [-0.39, 0.29) is 17.3 Å². The summed E-state index contributed by atoms with van der Waals surface area (Å²) in [6.07, 6.45) is -1.48. The maximum absolute atomic E-state index is 12.6. The Bertz CT molecular complexity index is 694. The van der Waals surface area contributed by atoms with Crippen LogP contribution in [0.3, 0.4) is 0 Å². The number of anilines is 2. The van der Waals surface area contributed by atoms with E-state index in [0.717, 1.165) is 30.7 Å². The highest BCUT2D eigenvalue weighted by molar-refractivity contribution is 7.15. The van der Waals surface area contributed by atoms with Crippen LogP contribution in [-0.4, -0.2) is 35.3 Å². The van der Waals surface area contributed by atoms with Gasteiger partial charge in [-0.15, -0.1) is 0 Å². The molecule has 0 spiro atoms. The fourth-order valence-electron chi connectivity index (χ4n) is 2.74. The maximum Gasteiger partial charge on any atom is 0.427 e. The van der Waals surface area contributed by atoms with E-state index < -0.39 is 11.1 Å². The first-order valence-electron chi connectivity index (χ1n) is 7.93. The zero-order chi connectivity index (χ0) is 18.0. The number of thiazole rings is 1. The van der Waals surface area contributed by atoms with Gasteiger partial charge in [0.2, 0.25) is 0 Å². The molecule has 5 nitrogen and oxygen atoms in total. The van der Waals surface area contributed by atoms with Crippen molar-refractivity contribution in [1.29, 1.82) is 0 Å². The Morgan fingerprint density at radius 1 is 1.20 bits per heavy atom. The van der Waals surface area contributed by atoms with E-state index in [0.29, 0.717) is 17.9 Å². The summed E-state index contributed by atoms with van der Waals surface area (Å²) < 4.78 is 43.4. The topological polar surface area (TPSA) is 50.3 Å². The monoisotopic (exact) mass is 372 g/mol. The Morgan fingerprint density at radius 3 is 2.48 bits per heavy atom. The molecule has 9 heteroatoms. The average molecular weight is 372 g/mol. The third-order valence-corrected chi connectivity index (χ3v) is 4.78. The van der Waals surface area contributed by atoms with Gasteiger partial charge in [0.05, 0.1) is 18.4 Å². The van der Waals surface area contributed by atoms with Gasteiger partial charge in [0, 0.05) is 25.8 Å². The van der Waals surface area contributed by atoms with Crippen molar-refractivity contribution in [2.75, 3.05) is 23.3 Å². The van der Waals surface area contributed by atoms with Gasteiger partial charge in [-0.05, 0) is 25.5 Å². The molecule has 1 N–H and O–H groups in total. The summed E-state index contributed by atoms with van der Waals surface area (Å²) in [6.45, 7) is 6.00. The minimum atomic E-state index is -4.35. The van der Waals surface area contributed by atoms with Crippen molar-refractivity contribution in [2.24, 2.45) is 0 Å². The van der Waals surface area contributed by atoms with Crippen LogP contribution in [0.15, 0.2) is 24.5 Å². The van der Waals surface area contributed by atoms with Crippen LogP contribution >= 0.6 is 11.3 Å². The SMILES string of the molecule is CC1CN(c2ccc(CNc3ncc(C(F)(F)F)s3)cn2)CC(C)O1. The number of morpholine rings is 1. The smallest absolute Gasteiger partial charge is 0.372 e. The second-order valence-corrected chi connectivity index (χ2v) is 7.10. The summed E-state index contributed by atoms with van der Waals surface area (Å²) >= 11 is 0.596. The van der Waals surface area contributed by atoms with E-state index in [1.54, 1.807) is 6.20 Å². The van der Waals surface area contributed by atoms with Crippen molar-refractivity contribution in [3.63, 3.8) is 0 Å². The van der Waals surface area contributed by atoms with E-state index in [4.69, 9.17) is 4.74 Å². The molecule has 2 atom stereocenters. The molecule has 2 unspecified atom stereocenters. The predicted molar refractivity (Wildman–Crippen MR) is 90.9 cm³/mol. The fraction of sp³-hybridized carbons (Fsp3) is 0.500. The van der Waals surface area contributed by atoms with Crippen LogP contribution in [0.4, 0.5) is 24.1 Å². The maximum atomic E-state index is 12.6. The van der Waals surface area contributed by atoms with Gasteiger partial charge >= 0.3 is 6.18 Å². The fourth-order valence-corrected chi connectivity index (χ4v) is 3.42. The van der Waals surface area contributed by atoms with E-state index in [1.807, 2.05) is 26.0 Å². The standard InChI is InChI=1S/C16H19F3N4OS/c1-10-8-23(9-11(2)24-10)14-4-3-12(5-20-14)6-21-15-22-7-13(25-15)16(17,18)19/h3-5,7,10-11H,6,8-9H2,1-2H3,(H,21,22). The number of hydrogen-bond donors (Lipinski definition) is 1. The molecule has 2 aromatic rings. The van der Waals surface area contributed by atoms with Crippen molar-refractivity contribution in [1.82, 2.24) is 9.97 Å². The number of alkyl halides is 3. The molecule has 3 heterocycles. The lowest BCUT2D eigenvalue weighted by Gasteiger charge is -2.36. The third kappa shape index (κ3) is 4.60. The number of halogens is 3. The molecule has 3 rings (SSSR count). The van der Waals surface area contributed by atoms with Crippen LogP contribution in [0.2, 0.25) is 0 Å². The molecular weight excluding hydrogens is 353 g/mol. The predicted octanol–water partition coefficient (Wildman–Crippen LogP) is 3.78. The van der Waals surface area contributed by atoms with Crippen LogP contribution in [0.5, 0.6) is 0 Å². The van der Waals surface area contributed by atoms with Crippen LogP contribution in [-0.2, 0) is 17.5 Å². The second kappa shape index (κ2) is 7.17. The minimum absolute atomic E-state index is 0.152. The molecule has 0 aliphatic carbocycles. The lowest BCUT2D eigenvalue weighted by molar-refractivity contribution is -0.134. The van der Waals surface area contributed by atoms with Crippen LogP contribution in [0, 0.1) is 0 Å². The van der Waals surface area contributed by atoms with Crippen molar-refractivity contribution in [3.05, 3.63) is 35.0 Å². The van der Waals surface area contributed by atoms with Crippen molar-refractivity contribution in [2.45, 2.75) is 38.8 Å². The quantitative estimate of drug-likeness (QED) is 0.885. The number of nitrogens with zero attached hydrogens (tertiary/aromatic N) is 3. The van der Waals surface area contributed by atoms with Gasteiger partial charge in [0.25, 0.3) is 0 Å². The Kier molecular flexibility index (Phi) is 5.14. The Hall–Kier alpha value is -1.87. The van der Waals surface area contributed by atoms with E-state index >= 15 is 0 Å². The van der Waals surface area contributed by atoms with Crippen LogP contribution < -0.4 is 10.2 Å². The van der Waals surface area contributed by atoms with Gasteiger partial charge < -0.3 is 15.0 Å². The van der Waals surface area contributed by atoms with E-state index in [2.05, 4.69) is 20.2 Å². The van der Waals surface area contributed by atoms with Gasteiger partial charge in [-0.25, -0.2) is 9.97 Å². The Labute approximate surface area is 147 Å². The first-order chi connectivity index (χ1) is 11.8. The van der Waals surface area contributed by atoms with Gasteiger partial charge in [-0.1, -0.05) is 17.4 Å². The number of rotatable bonds is 4. The number of aromatic nitrogens is 2. The average Bonchev–Trinajstić information content (AvgIpc) is 3.02. The highest BCUT2D eigenvalue weighted by Gasteiger charge is 2.33. The molecule has 2 aromatic heterocycles. The number of nitrogens with one attached hydrogen (secondary N) is 1. The number of pyridine rings is 1. The molecule has 1 saturated heterocycles.